The SMILES string of the molecule is c1ccc(-c2cccc(-c3ccc(N(c4ccc(-c5ccccc5-n5c6ccccc6c6ccccc65)c(-c5ccccc5)c4)c4cccc5ccccc45)c4ccccc34)c2)cc1. The fraction of sp³-hybridized carbons (Fsp3) is 0. The maximum Gasteiger partial charge on any atom is 0.0541 e. The van der Waals surface area contributed by atoms with E-state index in [-0.39, 0.29) is 0 Å². The third-order valence-electron chi connectivity index (χ3n) is 12.8. The second-order valence-electron chi connectivity index (χ2n) is 16.4. The molecule has 0 atom stereocenters. The van der Waals surface area contributed by atoms with Crippen molar-refractivity contribution in [1.82, 2.24) is 4.57 Å². The molecule has 2 nitrogen and oxygen atoms in total. The summed E-state index contributed by atoms with van der Waals surface area (Å²) in [6, 6.07) is 92.8. The van der Waals surface area contributed by atoms with Gasteiger partial charge in [-0.15, -0.1) is 0 Å². The summed E-state index contributed by atoms with van der Waals surface area (Å²) < 4.78 is 2.44. The van der Waals surface area contributed by atoms with Crippen LogP contribution in [0.5, 0.6) is 0 Å². The largest absolute Gasteiger partial charge is 0.309 e. The molecule has 11 aromatic carbocycles. The molecule has 0 spiro atoms. The Morgan fingerprint density at radius 1 is 0.266 bits per heavy atom. The van der Waals surface area contributed by atoms with E-state index in [0.29, 0.717) is 0 Å². The highest BCUT2D eigenvalue weighted by molar-refractivity contribution is 6.11. The molecule has 0 saturated carbocycles. The molecule has 12 aromatic rings. The molecule has 1 aromatic heterocycles. The lowest BCUT2D eigenvalue weighted by Gasteiger charge is -2.30. The normalized spacial score (nSPS) is 11.4. The van der Waals surface area contributed by atoms with Crippen molar-refractivity contribution in [2.24, 2.45) is 0 Å². The summed E-state index contributed by atoms with van der Waals surface area (Å²) in [6.45, 7) is 0. The van der Waals surface area contributed by atoms with Crippen LogP contribution in [0.4, 0.5) is 17.1 Å². The van der Waals surface area contributed by atoms with E-state index >= 15 is 0 Å². The van der Waals surface area contributed by atoms with Crippen LogP contribution >= 0.6 is 0 Å². The van der Waals surface area contributed by atoms with Gasteiger partial charge in [-0.25, -0.2) is 0 Å². The summed E-state index contributed by atoms with van der Waals surface area (Å²) in [5.74, 6) is 0. The van der Waals surface area contributed by atoms with Crippen molar-refractivity contribution < 1.29 is 0 Å². The maximum atomic E-state index is 2.48. The number of aromatic nitrogens is 1. The summed E-state index contributed by atoms with van der Waals surface area (Å²) in [4.78, 5) is 2.48. The van der Waals surface area contributed by atoms with Crippen LogP contribution in [-0.2, 0) is 0 Å². The lowest BCUT2D eigenvalue weighted by Crippen LogP contribution is -2.11. The summed E-state index contributed by atoms with van der Waals surface area (Å²) in [7, 11) is 0. The van der Waals surface area contributed by atoms with E-state index in [1.165, 1.54) is 76.7 Å². The van der Waals surface area contributed by atoms with Crippen LogP contribution in [0.25, 0.3) is 93.5 Å². The molecule has 300 valence electrons. The van der Waals surface area contributed by atoms with Gasteiger partial charge in [-0.2, -0.15) is 0 Å². The lowest BCUT2D eigenvalue weighted by atomic mass is 9.91. The Kier molecular flexibility index (Phi) is 9.20. The molecule has 0 aliphatic heterocycles. The summed E-state index contributed by atoms with van der Waals surface area (Å²) in [5, 5.41) is 7.27. The van der Waals surface area contributed by atoms with Crippen molar-refractivity contribution in [3.05, 3.63) is 255 Å². The van der Waals surface area contributed by atoms with Crippen LogP contribution in [0.3, 0.4) is 0 Å². The lowest BCUT2D eigenvalue weighted by molar-refractivity contribution is 1.18. The second kappa shape index (κ2) is 15.8. The number of benzene rings is 11. The highest BCUT2D eigenvalue weighted by Crippen LogP contribution is 2.47. The molecule has 0 fully saturated rings. The number of nitrogens with zero attached hydrogens (tertiary/aromatic N) is 2. The van der Waals surface area contributed by atoms with E-state index in [1.807, 2.05) is 0 Å². The third-order valence-corrected chi connectivity index (χ3v) is 12.8. The van der Waals surface area contributed by atoms with Crippen molar-refractivity contribution in [3.8, 4) is 50.2 Å². The maximum absolute atomic E-state index is 2.48. The van der Waals surface area contributed by atoms with Crippen LogP contribution in [-0.4, -0.2) is 4.57 Å². The van der Waals surface area contributed by atoms with Gasteiger partial charge in [0, 0.05) is 32.8 Å². The van der Waals surface area contributed by atoms with Crippen LogP contribution in [0.15, 0.2) is 255 Å². The molecule has 2 heteroatoms. The third kappa shape index (κ3) is 6.35. The number of anilines is 3. The topological polar surface area (TPSA) is 8.17 Å². The Hall–Kier alpha value is -8.46. The van der Waals surface area contributed by atoms with E-state index in [1.54, 1.807) is 0 Å². The number of rotatable bonds is 8. The van der Waals surface area contributed by atoms with Gasteiger partial charge in [0.15, 0.2) is 0 Å². The van der Waals surface area contributed by atoms with E-state index in [4.69, 9.17) is 0 Å². The molecule has 0 bridgehead atoms. The highest BCUT2D eigenvalue weighted by atomic mass is 15.1. The Morgan fingerprint density at radius 3 is 1.56 bits per heavy atom. The Balaban J connectivity index is 1.09. The van der Waals surface area contributed by atoms with Crippen molar-refractivity contribution in [2.45, 2.75) is 0 Å². The van der Waals surface area contributed by atoms with E-state index in [2.05, 4.69) is 264 Å². The summed E-state index contributed by atoms with van der Waals surface area (Å²) >= 11 is 0. The van der Waals surface area contributed by atoms with Gasteiger partial charge < -0.3 is 9.47 Å². The number of hydrogen-bond donors (Lipinski definition) is 0. The van der Waals surface area contributed by atoms with E-state index in [0.717, 1.165) is 33.9 Å². The van der Waals surface area contributed by atoms with Gasteiger partial charge in [-0.1, -0.05) is 206 Å². The Bertz CT molecular complexity index is 3620. The van der Waals surface area contributed by atoms with Crippen LogP contribution in [0.1, 0.15) is 0 Å². The zero-order valence-corrected chi connectivity index (χ0v) is 35.1. The molecule has 64 heavy (non-hydrogen) atoms. The predicted octanol–water partition coefficient (Wildman–Crippen LogP) is 17.2. The summed E-state index contributed by atoms with van der Waals surface area (Å²) in [5.41, 5.74) is 16.3. The number of hydrogen-bond acceptors (Lipinski definition) is 1. The van der Waals surface area contributed by atoms with Crippen LogP contribution in [0.2, 0.25) is 0 Å². The quantitative estimate of drug-likeness (QED) is 0.148. The van der Waals surface area contributed by atoms with Gasteiger partial charge in [0.2, 0.25) is 0 Å². The van der Waals surface area contributed by atoms with Gasteiger partial charge in [-0.05, 0) is 98.2 Å². The molecule has 1 heterocycles. The highest BCUT2D eigenvalue weighted by Gasteiger charge is 2.23. The number of para-hydroxylation sites is 3. The van der Waals surface area contributed by atoms with Gasteiger partial charge in [0.1, 0.15) is 0 Å². The monoisotopic (exact) mass is 814 g/mol. The minimum atomic E-state index is 1.08. The zero-order valence-electron chi connectivity index (χ0n) is 35.1. The van der Waals surface area contributed by atoms with Gasteiger partial charge in [0.05, 0.1) is 28.1 Å². The smallest absolute Gasteiger partial charge is 0.0541 e. The molecular formula is C62H42N2. The van der Waals surface area contributed by atoms with Crippen molar-refractivity contribution in [1.29, 1.82) is 0 Å². The second-order valence-corrected chi connectivity index (χ2v) is 16.4. The van der Waals surface area contributed by atoms with E-state index in [9.17, 15) is 0 Å². The minimum absolute atomic E-state index is 1.08. The first-order valence-corrected chi connectivity index (χ1v) is 22.0. The fourth-order valence-electron chi connectivity index (χ4n) is 9.88. The Morgan fingerprint density at radius 2 is 0.797 bits per heavy atom. The minimum Gasteiger partial charge on any atom is -0.309 e. The molecule has 0 unspecified atom stereocenters. The van der Waals surface area contributed by atoms with Gasteiger partial charge >= 0.3 is 0 Å². The fourth-order valence-corrected chi connectivity index (χ4v) is 9.88. The Labute approximate surface area is 373 Å². The summed E-state index contributed by atoms with van der Waals surface area (Å²) in [6.07, 6.45) is 0. The molecule has 0 amide bonds. The predicted molar refractivity (Wildman–Crippen MR) is 272 cm³/mol. The molecule has 0 radical (unpaired) electrons. The molecule has 0 aliphatic carbocycles. The van der Waals surface area contributed by atoms with Crippen molar-refractivity contribution in [2.75, 3.05) is 4.90 Å². The van der Waals surface area contributed by atoms with Gasteiger partial charge in [0.25, 0.3) is 0 Å². The average molecular weight is 815 g/mol. The molecule has 12 rings (SSSR count). The van der Waals surface area contributed by atoms with Gasteiger partial charge in [-0.3, -0.25) is 0 Å². The van der Waals surface area contributed by atoms with E-state index < -0.39 is 0 Å². The standard InChI is InChI=1S/C62H42N2/c1-3-19-43(20-4-1)46-25-17-26-47(41-46)49-39-40-62(53-29-10-9-28-51(49)53)63(58-36-18-24-44-23-7-8-27-50(44)58)48-37-38-52(57(42-48)45-21-5-2-6-22-45)54-30-11-14-33-59(54)64-60-34-15-12-31-55(60)56-32-13-16-35-61(56)64/h1-42H. The number of fused-ring (bicyclic) bond motifs is 5. The first-order chi connectivity index (χ1) is 31.8. The molecule has 0 aliphatic rings. The first kappa shape index (κ1) is 37.3. The van der Waals surface area contributed by atoms with Crippen LogP contribution in [0, 0.1) is 0 Å². The molecular weight excluding hydrogens is 773 g/mol. The van der Waals surface area contributed by atoms with Crippen molar-refractivity contribution >= 4 is 60.4 Å². The molecule has 0 saturated heterocycles. The van der Waals surface area contributed by atoms with Crippen molar-refractivity contribution in [3.63, 3.8) is 0 Å². The molecule has 0 N–H and O–H groups in total. The van der Waals surface area contributed by atoms with Crippen LogP contribution < -0.4 is 4.90 Å². The first-order valence-electron chi connectivity index (χ1n) is 22.0. The zero-order chi connectivity index (χ0) is 42.4. The average Bonchev–Trinajstić information content (AvgIpc) is 3.71.